The van der Waals surface area contributed by atoms with Gasteiger partial charge in [-0.05, 0) is 29.6 Å². The summed E-state index contributed by atoms with van der Waals surface area (Å²) in [5.41, 5.74) is 8.82. The van der Waals surface area contributed by atoms with Crippen molar-refractivity contribution in [1.29, 1.82) is 0 Å². The molecule has 0 aliphatic rings. The summed E-state index contributed by atoms with van der Waals surface area (Å²) in [6.45, 7) is 0.296. The molecule has 15 heavy (non-hydrogen) atoms. The van der Waals surface area contributed by atoms with E-state index in [0.29, 0.717) is 13.0 Å². The smallest absolute Gasteiger partial charge is 0.200 e. The Bertz CT molecular complexity index is 400. The monoisotopic (exact) mass is 209 g/mol. The second-order valence-corrected chi connectivity index (χ2v) is 2.87. The Morgan fingerprint density at radius 1 is 1.47 bits per heavy atom. The van der Waals surface area contributed by atoms with Crippen molar-refractivity contribution in [3.8, 4) is 17.2 Å². The van der Waals surface area contributed by atoms with Crippen LogP contribution in [-0.4, -0.2) is 23.9 Å². The second kappa shape index (κ2) is 4.97. The van der Waals surface area contributed by atoms with Gasteiger partial charge < -0.3 is 14.9 Å². The highest BCUT2D eigenvalue weighted by Gasteiger charge is 2.08. The number of hydrogen-bond donors (Lipinski definition) is 2. The zero-order valence-corrected chi connectivity index (χ0v) is 8.21. The van der Waals surface area contributed by atoms with Crippen LogP contribution in [0.3, 0.4) is 0 Å². The summed E-state index contributed by atoms with van der Waals surface area (Å²) in [5.74, 6) is -0.332. The van der Waals surface area contributed by atoms with Crippen LogP contribution in [0.15, 0.2) is 17.2 Å². The van der Waals surface area contributed by atoms with Crippen molar-refractivity contribution < 1.29 is 14.9 Å². The van der Waals surface area contributed by atoms with Crippen LogP contribution in [0.1, 0.15) is 5.56 Å². The molecule has 6 heteroatoms. The molecule has 80 valence electrons. The standard InChI is InChI=1S/C9H11N3O3/c1-15-8-5-6(2-3-11-12-10)4-7(13)9(8)14/h4-5,13-14H,2-3H2,1H3. The Labute approximate surface area is 86.4 Å². The van der Waals surface area contributed by atoms with Crippen molar-refractivity contribution in [1.82, 2.24) is 0 Å². The van der Waals surface area contributed by atoms with Crippen LogP contribution >= 0.6 is 0 Å². The minimum absolute atomic E-state index is 0.200. The molecule has 0 unspecified atom stereocenters. The summed E-state index contributed by atoms with van der Waals surface area (Å²) in [7, 11) is 1.39. The zero-order valence-electron chi connectivity index (χ0n) is 8.21. The topological polar surface area (TPSA) is 98.5 Å². The van der Waals surface area contributed by atoms with Crippen LogP contribution in [0.25, 0.3) is 10.4 Å². The molecular formula is C9H11N3O3. The quantitative estimate of drug-likeness (QED) is 0.343. The van der Waals surface area contributed by atoms with Gasteiger partial charge in [0.05, 0.1) is 7.11 Å². The maximum atomic E-state index is 9.34. The van der Waals surface area contributed by atoms with Crippen LogP contribution < -0.4 is 4.74 Å². The van der Waals surface area contributed by atoms with E-state index >= 15 is 0 Å². The fourth-order valence-corrected chi connectivity index (χ4v) is 1.17. The molecule has 1 aromatic carbocycles. The Balaban J connectivity index is 2.90. The van der Waals surface area contributed by atoms with Gasteiger partial charge in [0.25, 0.3) is 0 Å². The average molecular weight is 209 g/mol. The molecule has 0 spiro atoms. The van der Waals surface area contributed by atoms with Crippen LogP contribution in [0.5, 0.6) is 17.2 Å². The van der Waals surface area contributed by atoms with Crippen LogP contribution in [0.4, 0.5) is 0 Å². The Hall–Kier alpha value is -2.07. The normalized spacial score (nSPS) is 9.40. The molecule has 0 saturated heterocycles. The molecule has 0 saturated carbocycles. The molecule has 6 nitrogen and oxygen atoms in total. The van der Waals surface area contributed by atoms with Gasteiger partial charge in [-0.2, -0.15) is 0 Å². The van der Waals surface area contributed by atoms with Gasteiger partial charge in [-0.15, -0.1) is 0 Å². The van der Waals surface area contributed by atoms with E-state index in [2.05, 4.69) is 10.0 Å². The van der Waals surface area contributed by atoms with Crippen LogP contribution in [-0.2, 0) is 6.42 Å². The SMILES string of the molecule is COc1cc(CCN=[N+]=[N-])cc(O)c1O. The maximum Gasteiger partial charge on any atom is 0.200 e. The number of ether oxygens (including phenoxy) is 1. The minimum Gasteiger partial charge on any atom is -0.504 e. The molecule has 2 N–H and O–H groups in total. The average Bonchev–Trinajstić information content (AvgIpc) is 2.23. The third-order valence-electron chi connectivity index (χ3n) is 1.90. The molecular weight excluding hydrogens is 198 g/mol. The lowest BCUT2D eigenvalue weighted by atomic mass is 10.1. The number of aromatic hydroxyl groups is 2. The first-order valence-corrected chi connectivity index (χ1v) is 4.28. The summed E-state index contributed by atoms with van der Waals surface area (Å²) in [5, 5.41) is 22.0. The number of methoxy groups -OCH3 is 1. The molecule has 1 aromatic rings. The third-order valence-corrected chi connectivity index (χ3v) is 1.90. The number of phenolic OH excluding ortho intramolecular Hbond substituents is 2. The number of rotatable bonds is 4. The molecule has 0 aromatic heterocycles. The number of phenols is 2. The first kappa shape index (κ1) is 11.0. The van der Waals surface area contributed by atoms with Crippen molar-refractivity contribution in [3.63, 3.8) is 0 Å². The van der Waals surface area contributed by atoms with Crippen LogP contribution in [0, 0.1) is 0 Å². The van der Waals surface area contributed by atoms with Gasteiger partial charge in [0.15, 0.2) is 11.5 Å². The molecule has 0 amide bonds. The molecule has 0 radical (unpaired) electrons. The number of nitrogens with zero attached hydrogens (tertiary/aromatic N) is 3. The summed E-state index contributed by atoms with van der Waals surface area (Å²) in [6, 6.07) is 2.99. The summed E-state index contributed by atoms with van der Waals surface area (Å²) >= 11 is 0. The summed E-state index contributed by atoms with van der Waals surface area (Å²) in [4.78, 5) is 2.62. The lowest BCUT2D eigenvalue weighted by Crippen LogP contribution is -1.91. The van der Waals surface area contributed by atoms with Gasteiger partial charge in [-0.1, -0.05) is 5.11 Å². The lowest BCUT2D eigenvalue weighted by Gasteiger charge is -2.07. The first-order valence-electron chi connectivity index (χ1n) is 4.28. The van der Waals surface area contributed by atoms with Crippen molar-refractivity contribution in [2.45, 2.75) is 6.42 Å². The molecule has 0 bridgehead atoms. The van der Waals surface area contributed by atoms with Gasteiger partial charge in [0.1, 0.15) is 0 Å². The van der Waals surface area contributed by atoms with E-state index in [-0.39, 0.29) is 17.2 Å². The molecule has 0 fully saturated rings. The predicted molar refractivity (Wildman–Crippen MR) is 54.0 cm³/mol. The largest absolute Gasteiger partial charge is 0.504 e. The van der Waals surface area contributed by atoms with E-state index in [0.717, 1.165) is 5.56 Å². The summed E-state index contributed by atoms with van der Waals surface area (Å²) in [6.07, 6.45) is 0.480. The highest BCUT2D eigenvalue weighted by molar-refractivity contribution is 5.51. The lowest BCUT2D eigenvalue weighted by molar-refractivity contribution is 0.350. The number of hydrogen-bond acceptors (Lipinski definition) is 4. The third kappa shape index (κ3) is 2.69. The molecule has 0 aliphatic carbocycles. The zero-order chi connectivity index (χ0) is 11.3. The molecule has 1 rings (SSSR count). The fourth-order valence-electron chi connectivity index (χ4n) is 1.17. The summed E-state index contributed by atoms with van der Waals surface area (Å²) < 4.78 is 4.86. The van der Waals surface area contributed by atoms with Crippen molar-refractivity contribution >= 4 is 0 Å². The van der Waals surface area contributed by atoms with Crippen molar-refractivity contribution in [3.05, 3.63) is 28.1 Å². The van der Waals surface area contributed by atoms with Gasteiger partial charge in [0.2, 0.25) is 5.75 Å². The van der Waals surface area contributed by atoms with Crippen molar-refractivity contribution in [2.75, 3.05) is 13.7 Å². The van der Waals surface area contributed by atoms with E-state index in [1.165, 1.54) is 13.2 Å². The second-order valence-electron chi connectivity index (χ2n) is 2.87. The molecule has 0 heterocycles. The van der Waals surface area contributed by atoms with Crippen LogP contribution in [0.2, 0.25) is 0 Å². The number of benzene rings is 1. The Morgan fingerprint density at radius 2 is 2.20 bits per heavy atom. The molecule has 0 aliphatic heterocycles. The van der Waals surface area contributed by atoms with Gasteiger partial charge in [-0.3, -0.25) is 0 Å². The minimum atomic E-state index is -0.287. The molecule has 0 atom stereocenters. The highest BCUT2D eigenvalue weighted by atomic mass is 16.5. The van der Waals surface area contributed by atoms with E-state index < -0.39 is 0 Å². The van der Waals surface area contributed by atoms with Crippen molar-refractivity contribution in [2.24, 2.45) is 5.11 Å². The van der Waals surface area contributed by atoms with Gasteiger partial charge >= 0.3 is 0 Å². The maximum absolute atomic E-state index is 9.34. The van der Waals surface area contributed by atoms with Gasteiger partial charge in [-0.25, -0.2) is 0 Å². The van der Waals surface area contributed by atoms with E-state index in [1.54, 1.807) is 6.07 Å². The first-order chi connectivity index (χ1) is 7.19. The fraction of sp³-hybridized carbons (Fsp3) is 0.333. The number of azide groups is 1. The predicted octanol–water partition coefficient (Wildman–Crippen LogP) is 1.96. The van der Waals surface area contributed by atoms with Gasteiger partial charge in [0, 0.05) is 11.5 Å². The van der Waals surface area contributed by atoms with E-state index in [4.69, 9.17) is 10.3 Å². The Morgan fingerprint density at radius 3 is 2.80 bits per heavy atom. The van der Waals surface area contributed by atoms with E-state index in [1.807, 2.05) is 0 Å². The van der Waals surface area contributed by atoms with E-state index in [9.17, 15) is 10.2 Å². The highest BCUT2D eigenvalue weighted by Crippen LogP contribution is 2.36. The Kier molecular flexibility index (Phi) is 3.65.